The summed E-state index contributed by atoms with van der Waals surface area (Å²) in [5.41, 5.74) is 5.71. The lowest BCUT2D eigenvalue weighted by Gasteiger charge is -2.53. The Hall–Kier alpha value is -2.31. The molecule has 1 aromatic rings. The summed E-state index contributed by atoms with van der Waals surface area (Å²) in [6.45, 7) is 4.15. The van der Waals surface area contributed by atoms with E-state index in [4.69, 9.17) is 0 Å². The van der Waals surface area contributed by atoms with E-state index < -0.39 is 5.60 Å². The van der Waals surface area contributed by atoms with Crippen molar-refractivity contribution in [2.75, 3.05) is 19.0 Å². The average molecular weight is 430 g/mol. The number of anilines is 1. The highest BCUT2D eigenvalue weighted by atomic mass is 16.3. The third-order valence-electron chi connectivity index (χ3n) is 9.03. The summed E-state index contributed by atoms with van der Waals surface area (Å²) in [7, 11) is 4.14. The molecule has 0 bridgehead atoms. The van der Waals surface area contributed by atoms with Crippen molar-refractivity contribution in [3.05, 3.63) is 52.6 Å². The van der Waals surface area contributed by atoms with Crippen LogP contribution in [0.5, 0.6) is 0 Å². The van der Waals surface area contributed by atoms with Crippen LogP contribution in [0.4, 0.5) is 5.69 Å². The van der Waals surface area contributed by atoms with E-state index >= 15 is 0 Å². The molecule has 0 amide bonds. The van der Waals surface area contributed by atoms with Gasteiger partial charge in [-0.2, -0.15) is 0 Å². The topological polar surface area (TPSA) is 40.5 Å². The molecule has 0 aliphatic heterocycles. The Kier molecular flexibility index (Phi) is 5.13. The Bertz CT molecular complexity index is 1070. The van der Waals surface area contributed by atoms with E-state index in [1.807, 2.05) is 13.0 Å². The molecule has 0 saturated heterocycles. The van der Waals surface area contributed by atoms with Crippen LogP contribution in [0.3, 0.4) is 0 Å². The minimum atomic E-state index is -0.914. The van der Waals surface area contributed by atoms with Crippen LogP contribution >= 0.6 is 0 Å². The van der Waals surface area contributed by atoms with Gasteiger partial charge >= 0.3 is 0 Å². The van der Waals surface area contributed by atoms with Gasteiger partial charge in [0.2, 0.25) is 0 Å². The van der Waals surface area contributed by atoms with Gasteiger partial charge in [-0.1, -0.05) is 30.6 Å². The molecule has 0 aromatic heterocycles. The van der Waals surface area contributed by atoms with Crippen molar-refractivity contribution in [2.24, 2.45) is 17.3 Å². The highest BCUT2D eigenvalue weighted by Crippen LogP contribution is 2.66. The Labute approximate surface area is 192 Å². The van der Waals surface area contributed by atoms with Gasteiger partial charge in [0.1, 0.15) is 5.60 Å². The van der Waals surface area contributed by atoms with Gasteiger partial charge in [-0.3, -0.25) is 4.79 Å². The summed E-state index contributed by atoms with van der Waals surface area (Å²) in [6, 6.07) is 8.97. The molecule has 0 spiro atoms. The smallest absolute Gasteiger partial charge is 0.156 e. The van der Waals surface area contributed by atoms with Gasteiger partial charge in [0, 0.05) is 37.5 Å². The van der Waals surface area contributed by atoms with Crippen LogP contribution in [-0.4, -0.2) is 30.6 Å². The third kappa shape index (κ3) is 3.11. The monoisotopic (exact) mass is 429 g/mol. The number of carbonyl (C=O) groups excluding carboxylic acids is 1. The maximum atomic E-state index is 12.2. The second-order valence-electron chi connectivity index (χ2n) is 10.8. The standard InChI is InChI=1S/C29H35NO2/c1-5-15-29(32)16-14-26-24-12-8-20-17-22(31)11-13-23(20)27(24)25(18-28(26,29)2)19-6-9-21(10-7-19)30(3)4/h6-7,9-10,17,24-26,32H,8,11-14,16,18H2,1-4H3/t24-,25+,26+,28-,29+/m0/s1. The van der Waals surface area contributed by atoms with Gasteiger partial charge in [-0.05, 0) is 92.2 Å². The lowest BCUT2D eigenvalue weighted by atomic mass is 9.51. The highest BCUT2D eigenvalue weighted by molar-refractivity contribution is 5.93. The molecule has 168 valence electrons. The van der Waals surface area contributed by atoms with Gasteiger partial charge in [-0.25, -0.2) is 0 Å². The normalized spacial score (nSPS) is 35.8. The molecule has 3 heteroatoms. The summed E-state index contributed by atoms with van der Waals surface area (Å²) < 4.78 is 0. The molecule has 0 heterocycles. The summed E-state index contributed by atoms with van der Waals surface area (Å²) in [5, 5.41) is 11.7. The van der Waals surface area contributed by atoms with Crippen LogP contribution in [0, 0.1) is 29.1 Å². The Morgan fingerprint density at radius 3 is 2.53 bits per heavy atom. The van der Waals surface area contributed by atoms with Crippen molar-refractivity contribution in [3.8, 4) is 11.8 Å². The number of hydrogen-bond acceptors (Lipinski definition) is 3. The summed E-state index contributed by atoms with van der Waals surface area (Å²) in [6.07, 6.45) is 8.23. The fourth-order valence-corrected chi connectivity index (χ4v) is 7.38. The first-order chi connectivity index (χ1) is 15.3. The van der Waals surface area contributed by atoms with Crippen molar-refractivity contribution in [1.82, 2.24) is 0 Å². The SMILES string of the molecule is CC#C[C@@]1(O)CC[C@@H]2[C@@H]3CCC4=CC(=O)CCC4=C3[C@@H](c3ccc(N(C)C)cc3)C[C@@]21C. The molecule has 0 radical (unpaired) electrons. The van der Waals surface area contributed by atoms with Crippen LogP contribution in [0.1, 0.15) is 70.3 Å². The van der Waals surface area contributed by atoms with Crippen LogP contribution in [0.15, 0.2) is 47.1 Å². The van der Waals surface area contributed by atoms with Crippen molar-refractivity contribution in [1.29, 1.82) is 0 Å². The molecule has 4 aliphatic carbocycles. The predicted molar refractivity (Wildman–Crippen MR) is 129 cm³/mol. The first kappa shape index (κ1) is 21.5. The van der Waals surface area contributed by atoms with Crippen molar-refractivity contribution >= 4 is 11.5 Å². The average Bonchev–Trinajstić information content (AvgIpc) is 3.03. The van der Waals surface area contributed by atoms with E-state index in [1.165, 1.54) is 22.4 Å². The zero-order chi connectivity index (χ0) is 22.7. The number of rotatable bonds is 2. The largest absolute Gasteiger partial charge is 0.378 e. The number of nitrogens with zero attached hydrogens (tertiary/aromatic N) is 1. The van der Waals surface area contributed by atoms with Gasteiger partial charge < -0.3 is 10.0 Å². The molecular weight excluding hydrogens is 394 g/mol. The molecule has 4 aliphatic rings. The maximum absolute atomic E-state index is 12.2. The highest BCUT2D eigenvalue weighted by Gasteiger charge is 2.62. The molecule has 2 fully saturated rings. The quantitative estimate of drug-likeness (QED) is 0.640. The minimum Gasteiger partial charge on any atom is -0.378 e. The first-order valence-corrected chi connectivity index (χ1v) is 12.2. The minimum absolute atomic E-state index is 0.221. The van der Waals surface area contributed by atoms with Gasteiger partial charge in [0.25, 0.3) is 0 Å². The van der Waals surface area contributed by atoms with E-state index in [-0.39, 0.29) is 17.1 Å². The van der Waals surface area contributed by atoms with Gasteiger partial charge in [0.15, 0.2) is 5.78 Å². The van der Waals surface area contributed by atoms with E-state index in [0.29, 0.717) is 18.3 Å². The zero-order valence-electron chi connectivity index (χ0n) is 19.9. The van der Waals surface area contributed by atoms with E-state index in [9.17, 15) is 9.90 Å². The van der Waals surface area contributed by atoms with Gasteiger partial charge in [-0.15, -0.1) is 5.92 Å². The Balaban J connectivity index is 1.67. The zero-order valence-corrected chi connectivity index (χ0v) is 19.9. The predicted octanol–water partition coefficient (Wildman–Crippen LogP) is 5.41. The maximum Gasteiger partial charge on any atom is 0.156 e. The fourth-order valence-electron chi connectivity index (χ4n) is 7.38. The number of fused-ring (bicyclic) bond motifs is 4. The molecule has 3 nitrogen and oxygen atoms in total. The molecule has 5 atom stereocenters. The first-order valence-electron chi connectivity index (χ1n) is 12.2. The molecule has 0 unspecified atom stereocenters. The Morgan fingerprint density at radius 2 is 1.84 bits per heavy atom. The third-order valence-corrected chi connectivity index (χ3v) is 9.03. The lowest BCUT2D eigenvalue weighted by Crippen LogP contribution is -2.51. The molecular formula is C29H35NO2. The molecule has 32 heavy (non-hydrogen) atoms. The number of allylic oxidation sites excluding steroid dienone is 4. The summed E-state index contributed by atoms with van der Waals surface area (Å²) in [4.78, 5) is 14.3. The van der Waals surface area contributed by atoms with E-state index in [2.05, 4.69) is 62.0 Å². The van der Waals surface area contributed by atoms with Crippen LogP contribution in [0.2, 0.25) is 0 Å². The van der Waals surface area contributed by atoms with Crippen LogP contribution in [-0.2, 0) is 4.79 Å². The summed E-state index contributed by atoms with van der Waals surface area (Å²) >= 11 is 0. The fraction of sp³-hybridized carbons (Fsp3) is 0.552. The Morgan fingerprint density at radius 1 is 1.09 bits per heavy atom. The molecule has 1 N–H and O–H groups in total. The number of ketones is 1. The second-order valence-corrected chi connectivity index (χ2v) is 10.8. The van der Waals surface area contributed by atoms with Gasteiger partial charge in [0.05, 0.1) is 0 Å². The number of carbonyl (C=O) groups is 1. The lowest BCUT2D eigenvalue weighted by molar-refractivity contribution is -0.114. The van der Waals surface area contributed by atoms with Crippen LogP contribution < -0.4 is 4.90 Å². The number of benzene rings is 1. The van der Waals surface area contributed by atoms with Crippen molar-refractivity contribution < 1.29 is 9.90 Å². The van der Waals surface area contributed by atoms with E-state index in [1.54, 1.807) is 5.57 Å². The van der Waals surface area contributed by atoms with Crippen molar-refractivity contribution in [2.45, 2.75) is 70.3 Å². The van der Waals surface area contributed by atoms with Crippen LogP contribution in [0.25, 0.3) is 0 Å². The van der Waals surface area contributed by atoms with Crippen molar-refractivity contribution in [3.63, 3.8) is 0 Å². The molecule has 1 aromatic carbocycles. The molecule has 5 rings (SSSR count). The summed E-state index contributed by atoms with van der Waals surface area (Å²) in [5.74, 6) is 7.76. The number of aliphatic hydroxyl groups is 1. The van der Waals surface area contributed by atoms with E-state index in [0.717, 1.165) is 38.5 Å². The number of hydrogen-bond donors (Lipinski definition) is 1. The second kappa shape index (κ2) is 7.63. The molecule has 2 saturated carbocycles.